The van der Waals surface area contributed by atoms with E-state index < -0.39 is 9.84 Å². The molecule has 0 radical (unpaired) electrons. The van der Waals surface area contributed by atoms with Crippen molar-refractivity contribution in [2.75, 3.05) is 29.9 Å². The summed E-state index contributed by atoms with van der Waals surface area (Å²) in [5.74, 6) is 0.615. The van der Waals surface area contributed by atoms with Crippen LogP contribution in [0, 0.1) is 0 Å². The van der Waals surface area contributed by atoms with Crippen molar-refractivity contribution >= 4 is 25.8 Å². The minimum atomic E-state index is -2.78. The number of sulfone groups is 1. The Morgan fingerprint density at radius 2 is 2.00 bits per heavy atom. The number of hydrogen-bond acceptors (Lipinski definition) is 3. The van der Waals surface area contributed by atoms with E-state index >= 15 is 0 Å². The first-order chi connectivity index (χ1) is 7.59. The molecule has 5 heteroatoms. The SMILES string of the molecule is CCS(=O)(=O)CCCN(CCBr)C1CCC1. The molecule has 0 N–H and O–H groups in total. The smallest absolute Gasteiger partial charge is 0.150 e. The van der Waals surface area contributed by atoms with E-state index in [2.05, 4.69) is 20.8 Å². The average Bonchev–Trinajstić information content (AvgIpc) is 2.15. The fourth-order valence-corrected chi connectivity index (χ4v) is 3.28. The molecule has 1 saturated carbocycles. The van der Waals surface area contributed by atoms with Gasteiger partial charge in [-0.15, -0.1) is 0 Å². The normalized spacial score (nSPS) is 17.7. The van der Waals surface area contributed by atoms with Crippen molar-refractivity contribution in [2.45, 2.75) is 38.6 Å². The molecule has 0 aromatic carbocycles. The number of hydrogen-bond donors (Lipinski definition) is 0. The van der Waals surface area contributed by atoms with E-state index in [1.54, 1.807) is 6.92 Å². The zero-order valence-electron chi connectivity index (χ0n) is 9.99. The summed E-state index contributed by atoms with van der Waals surface area (Å²) in [6.45, 7) is 3.68. The van der Waals surface area contributed by atoms with E-state index in [4.69, 9.17) is 0 Å². The molecule has 3 nitrogen and oxygen atoms in total. The molecule has 0 amide bonds. The Kier molecular flexibility index (Phi) is 6.29. The van der Waals surface area contributed by atoms with Crippen molar-refractivity contribution in [2.24, 2.45) is 0 Å². The highest BCUT2D eigenvalue weighted by Crippen LogP contribution is 2.24. The van der Waals surface area contributed by atoms with Crippen molar-refractivity contribution in [3.63, 3.8) is 0 Å². The summed E-state index contributed by atoms with van der Waals surface area (Å²) >= 11 is 3.46. The first-order valence-corrected chi connectivity index (χ1v) is 9.04. The van der Waals surface area contributed by atoms with Crippen LogP contribution in [0.4, 0.5) is 0 Å². The molecule has 1 aliphatic carbocycles. The lowest BCUT2D eigenvalue weighted by Gasteiger charge is -2.37. The monoisotopic (exact) mass is 311 g/mol. The molecule has 0 aromatic rings. The van der Waals surface area contributed by atoms with Crippen LogP contribution in [0.5, 0.6) is 0 Å². The molecule has 0 aliphatic heterocycles. The highest BCUT2D eigenvalue weighted by molar-refractivity contribution is 9.09. The molecule has 1 fully saturated rings. The largest absolute Gasteiger partial charge is 0.300 e. The van der Waals surface area contributed by atoms with Crippen LogP contribution in [0.15, 0.2) is 0 Å². The van der Waals surface area contributed by atoms with Crippen molar-refractivity contribution in [1.82, 2.24) is 4.90 Å². The lowest BCUT2D eigenvalue weighted by atomic mass is 9.91. The van der Waals surface area contributed by atoms with Crippen LogP contribution in [0.1, 0.15) is 32.6 Å². The first kappa shape index (κ1) is 14.5. The summed E-state index contributed by atoms with van der Waals surface area (Å²) in [6.07, 6.45) is 4.68. The van der Waals surface area contributed by atoms with Gasteiger partial charge in [0.15, 0.2) is 0 Å². The predicted molar refractivity (Wildman–Crippen MR) is 72.0 cm³/mol. The number of halogens is 1. The molecule has 1 rings (SSSR count). The zero-order valence-corrected chi connectivity index (χ0v) is 12.4. The molecular weight excluding hydrogens is 290 g/mol. The maximum Gasteiger partial charge on any atom is 0.150 e. The first-order valence-electron chi connectivity index (χ1n) is 6.09. The third kappa shape index (κ3) is 4.72. The minimum absolute atomic E-state index is 0.273. The molecule has 0 aromatic heterocycles. The third-order valence-electron chi connectivity index (χ3n) is 3.30. The van der Waals surface area contributed by atoms with Gasteiger partial charge in [-0.3, -0.25) is 4.90 Å². The van der Waals surface area contributed by atoms with E-state index in [0.29, 0.717) is 11.8 Å². The Balaban J connectivity index is 2.27. The Hall–Kier alpha value is 0.390. The molecule has 1 aliphatic rings. The van der Waals surface area contributed by atoms with Gasteiger partial charge in [-0.2, -0.15) is 0 Å². The van der Waals surface area contributed by atoms with Crippen LogP contribution < -0.4 is 0 Å². The van der Waals surface area contributed by atoms with Crippen LogP contribution in [0.25, 0.3) is 0 Å². The minimum Gasteiger partial charge on any atom is -0.300 e. The maximum absolute atomic E-state index is 11.4. The van der Waals surface area contributed by atoms with Crippen molar-refractivity contribution in [1.29, 1.82) is 0 Å². The standard InChI is InChI=1S/C11H22BrNO2S/c1-2-16(14,15)10-4-8-13(9-7-12)11-5-3-6-11/h11H,2-10H2,1H3. The average molecular weight is 312 g/mol. The van der Waals surface area contributed by atoms with Gasteiger partial charge in [0.25, 0.3) is 0 Å². The second-order valence-electron chi connectivity index (χ2n) is 4.40. The maximum atomic E-state index is 11.4. The number of nitrogens with zero attached hydrogens (tertiary/aromatic N) is 1. The Morgan fingerprint density at radius 1 is 1.31 bits per heavy atom. The van der Waals surface area contributed by atoms with Gasteiger partial charge < -0.3 is 0 Å². The topological polar surface area (TPSA) is 37.4 Å². The molecule has 0 heterocycles. The van der Waals surface area contributed by atoms with Gasteiger partial charge >= 0.3 is 0 Å². The van der Waals surface area contributed by atoms with Crippen LogP contribution in [0.3, 0.4) is 0 Å². The summed E-state index contributed by atoms with van der Waals surface area (Å²) in [5, 5.41) is 0.976. The second kappa shape index (κ2) is 6.97. The van der Waals surface area contributed by atoms with E-state index in [1.807, 2.05) is 0 Å². The predicted octanol–water partition coefficient (Wildman–Crippen LogP) is 2.06. The Morgan fingerprint density at radius 3 is 2.44 bits per heavy atom. The fourth-order valence-electron chi connectivity index (χ4n) is 1.97. The molecule has 0 bridgehead atoms. The highest BCUT2D eigenvalue weighted by Gasteiger charge is 2.24. The Bertz CT molecular complexity index is 288. The highest BCUT2D eigenvalue weighted by atomic mass is 79.9. The number of rotatable bonds is 8. The summed E-state index contributed by atoms with van der Waals surface area (Å²) < 4.78 is 22.7. The van der Waals surface area contributed by atoms with Gasteiger partial charge in [0.2, 0.25) is 0 Å². The molecular formula is C11H22BrNO2S. The number of alkyl halides is 1. The van der Waals surface area contributed by atoms with E-state index in [-0.39, 0.29) is 5.75 Å². The molecule has 16 heavy (non-hydrogen) atoms. The summed E-state index contributed by atoms with van der Waals surface area (Å²) in [6, 6.07) is 0.710. The third-order valence-corrected chi connectivity index (χ3v) is 5.45. The van der Waals surface area contributed by atoms with Crippen LogP contribution in [0.2, 0.25) is 0 Å². The second-order valence-corrected chi connectivity index (χ2v) is 7.67. The molecule has 0 atom stereocenters. The van der Waals surface area contributed by atoms with Gasteiger partial charge in [-0.25, -0.2) is 8.42 Å². The molecule has 0 saturated heterocycles. The van der Waals surface area contributed by atoms with Gasteiger partial charge in [-0.1, -0.05) is 29.3 Å². The zero-order chi connectivity index (χ0) is 12.0. The molecule has 0 spiro atoms. The van der Waals surface area contributed by atoms with Crippen LogP contribution >= 0.6 is 15.9 Å². The van der Waals surface area contributed by atoms with Crippen molar-refractivity contribution in [3.05, 3.63) is 0 Å². The van der Waals surface area contributed by atoms with Crippen LogP contribution in [-0.2, 0) is 9.84 Å². The Labute approximate surface area is 108 Å². The van der Waals surface area contributed by atoms with Gasteiger partial charge in [0, 0.05) is 23.7 Å². The summed E-state index contributed by atoms with van der Waals surface area (Å²) in [7, 11) is -2.78. The van der Waals surface area contributed by atoms with E-state index in [1.165, 1.54) is 19.3 Å². The molecule has 96 valence electrons. The van der Waals surface area contributed by atoms with Gasteiger partial charge in [0.1, 0.15) is 9.84 Å². The summed E-state index contributed by atoms with van der Waals surface area (Å²) in [5.41, 5.74) is 0. The van der Waals surface area contributed by atoms with Crippen molar-refractivity contribution < 1.29 is 8.42 Å². The van der Waals surface area contributed by atoms with E-state index in [9.17, 15) is 8.42 Å². The quantitative estimate of drug-likeness (QED) is 0.644. The van der Waals surface area contributed by atoms with Crippen molar-refractivity contribution in [3.8, 4) is 0 Å². The van der Waals surface area contributed by atoms with Gasteiger partial charge in [0.05, 0.1) is 5.75 Å². The lowest BCUT2D eigenvalue weighted by Crippen LogP contribution is -2.42. The van der Waals surface area contributed by atoms with Gasteiger partial charge in [-0.05, 0) is 25.8 Å². The summed E-state index contributed by atoms with van der Waals surface area (Å²) in [4.78, 5) is 2.43. The van der Waals surface area contributed by atoms with E-state index in [0.717, 1.165) is 24.8 Å². The fraction of sp³-hybridized carbons (Fsp3) is 1.00. The lowest BCUT2D eigenvalue weighted by molar-refractivity contribution is 0.136. The molecule has 0 unspecified atom stereocenters. The van der Waals surface area contributed by atoms with Crippen LogP contribution in [-0.4, -0.2) is 49.3 Å².